The Balaban J connectivity index is 1.65. The Morgan fingerprint density at radius 3 is 2.18 bits per heavy atom. The highest BCUT2D eigenvalue weighted by molar-refractivity contribution is 7.90. The van der Waals surface area contributed by atoms with Gasteiger partial charge in [-0.15, -0.1) is 0 Å². The first-order chi connectivity index (χ1) is 10.6. The van der Waals surface area contributed by atoms with Gasteiger partial charge in [-0.2, -0.15) is 12.7 Å². The van der Waals surface area contributed by atoms with Gasteiger partial charge in [-0.3, -0.25) is 4.72 Å². The molecule has 2 fully saturated rings. The molecule has 0 radical (unpaired) electrons. The highest BCUT2D eigenvalue weighted by Gasteiger charge is 2.24. The third-order valence-electron chi connectivity index (χ3n) is 4.15. The molecular weight excluding hydrogens is 302 g/mol. The van der Waals surface area contributed by atoms with Crippen molar-refractivity contribution in [1.82, 2.24) is 4.31 Å². The van der Waals surface area contributed by atoms with E-state index in [9.17, 15) is 8.42 Å². The number of rotatable bonds is 4. The Morgan fingerprint density at radius 1 is 0.909 bits per heavy atom. The lowest BCUT2D eigenvalue weighted by Gasteiger charge is -2.29. The average molecular weight is 325 g/mol. The van der Waals surface area contributed by atoms with Crippen LogP contribution in [-0.2, 0) is 14.9 Å². The minimum atomic E-state index is -3.48. The van der Waals surface area contributed by atoms with Gasteiger partial charge in [0, 0.05) is 37.6 Å². The quantitative estimate of drug-likeness (QED) is 0.915. The fraction of sp³-hybridized carbons (Fsp3) is 0.600. The molecule has 2 aliphatic rings. The SMILES string of the molecule is O=S(=O)(Nc1ccc(N2CCCCC2)cc1)N1CCOCC1. The Labute approximate surface area is 132 Å². The fourth-order valence-electron chi connectivity index (χ4n) is 2.89. The van der Waals surface area contributed by atoms with Crippen LogP contribution < -0.4 is 9.62 Å². The van der Waals surface area contributed by atoms with Crippen molar-refractivity contribution < 1.29 is 13.2 Å². The minimum Gasteiger partial charge on any atom is -0.379 e. The number of piperidine rings is 1. The Morgan fingerprint density at radius 2 is 1.55 bits per heavy atom. The molecule has 2 aliphatic heterocycles. The maximum atomic E-state index is 12.3. The predicted molar refractivity (Wildman–Crippen MR) is 87.4 cm³/mol. The summed E-state index contributed by atoms with van der Waals surface area (Å²) < 4.78 is 33.8. The molecular formula is C15H23N3O3S. The molecule has 3 rings (SSSR count). The van der Waals surface area contributed by atoms with Crippen LogP contribution >= 0.6 is 0 Å². The second-order valence-corrected chi connectivity index (χ2v) is 7.38. The van der Waals surface area contributed by atoms with Crippen molar-refractivity contribution >= 4 is 21.6 Å². The molecule has 1 aromatic rings. The summed E-state index contributed by atoms with van der Waals surface area (Å²) in [6.07, 6.45) is 3.75. The van der Waals surface area contributed by atoms with E-state index in [0.717, 1.165) is 18.8 Å². The molecule has 0 amide bonds. The van der Waals surface area contributed by atoms with Crippen LogP contribution in [0.1, 0.15) is 19.3 Å². The van der Waals surface area contributed by atoms with Crippen LogP contribution in [0.25, 0.3) is 0 Å². The summed E-state index contributed by atoms with van der Waals surface area (Å²) in [4.78, 5) is 2.35. The molecule has 6 nitrogen and oxygen atoms in total. The van der Waals surface area contributed by atoms with E-state index < -0.39 is 10.2 Å². The van der Waals surface area contributed by atoms with Gasteiger partial charge in [0.15, 0.2) is 0 Å². The van der Waals surface area contributed by atoms with Crippen LogP contribution in [-0.4, -0.2) is 52.1 Å². The van der Waals surface area contributed by atoms with Gasteiger partial charge >= 0.3 is 10.2 Å². The Bertz CT molecular complexity index is 577. The number of morpholine rings is 1. The van der Waals surface area contributed by atoms with Crippen LogP contribution in [0.3, 0.4) is 0 Å². The van der Waals surface area contributed by atoms with E-state index in [2.05, 4.69) is 9.62 Å². The van der Waals surface area contributed by atoms with E-state index in [-0.39, 0.29) is 0 Å². The van der Waals surface area contributed by atoms with Crippen molar-refractivity contribution in [2.24, 2.45) is 0 Å². The lowest BCUT2D eigenvalue weighted by atomic mass is 10.1. The summed E-state index contributed by atoms with van der Waals surface area (Å²) in [5, 5.41) is 0. The van der Waals surface area contributed by atoms with E-state index in [1.54, 1.807) is 0 Å². The third-order valence-corrected chi connectivity index (χ3v) is 5.68. The van der Waals surface area contributed by atoms with Crippen LogP contribution in [0.5, 0.6) is 0 Å². The summed E-state index contributed by atoms with van der Waals surface area (Å²) in [6.45, 7) is 3.88. The van der Waals surface area contributed by atoms with E-state index in [4.69, 9.17) is 4.74 Å². The fourth-order valence-corrected chi connectivity index (χ4v) is 4.09. The molecule has 0 unspecified atom stereocenters. The summed E-state index contributed by atoms with van der Waals surface area (Å²) in [6, 6.07) is 7.65. The van der Waals surface area contributed by atoms with Crippen molar-refractivity contribution in [3.8, 4) is 0 Å². The summed E-state index contributed by atoms with van der Waals surface area (Å²) >= 11 is 0. The minimum absolute atomic E-state index is 0.404. The second kappa shape index (κ2) is 6.85. The van der Waals surface area contributed by atoms with Gasteiger partial charge in [0.2, 0.25) is 0 Å². The molecule has 0 aromatic heterocycles. The zero-order valence-corrected chi connectivity index (χ0v) is 13.5. The molecule has 122 valence electrons. The number of anilines is 2. The number of nitrogens with one attached hydrogen (secondary N) is 1. The van der Waals surface area contributed by atoms with Crippen LogP contribution in [0, 0.1) is 0 Å². The predicted octanol–water partition coefficient (Wildman–Crippen LogP) is 1.67. The van der Waals surface area contributed by atoms with Crippen molar-refractivity contribution in [3.05, 3.63) is 24.3 Å². The zero-order chi connectivity index (χ0) is 15.4. The van der Waals surface area contributed by atoms with Crippen molar-refractivity contribution in [1.29, 1.82) is 0 Å². The molecule has 22 heavy (non-hydrogen) atoms. The van der Waals surface area contributed by atoms with Gasteiger partial charge < -0.3 is 9.64 Å². The zero-order valence-electron chi connectivity index (χ0n) is 12.7. The van der Waals surface area contributed by atoms with Crippen molar-refractivity contribution in [3.63, 3.8) is 0 Å². The number of hydrogen-bond donors (Lipinski definition) is 1. The van der Waals surface area contributed by atoms with Crippen molar-refractivity contribution in [2.45, 2.75) is 19.3 Å². The van der Waals surface area contributed by atoms with E-state index >= 15 is 0 Å². The smallest absolute Gasteiger partial charge is 0.301 e. The molecule has 0 bridgehead atoms. The molecule has 0 saturated carbocycles. The molecule has 0 atom stereocenters. The molecule has 2 saturated heterocycles. The monoisotopic (exact) mass is 325 g/mol. The van der Waals surface area contributed by atoms with Crippen LogP contribution in [0.15, 0.2) is 24.3 Å². The van der Waals surface area contributed by atoms with Gasteiger partial charge in [-0.1, -0.05) is 0 Å². The number of benzene rings is 1. The summed E-state index contributed by atoms with van der Waals surface area (Å²) in [5.74, 6) is 0. The molecule has 1 aromatic carbocycles. The topological polar surface area (TPSA) is 61.9 Å². The lowest BCUT2D eigenvalue weighted by molar-refractivity contribution is 0.0733. The second-order valence-electron chi connectivity index (χ2n) is 5.71. The molecule has 1 N–H and O–H groups in total. The standard InChI is InChI=1S/C15H23N3O3S/c19-22(20,18-10-12-21-13-11-18)16-14-4-6-15(7-5-14)17-8-2-1-3-9-17/h4-7,16H,1-3,8-13H2. The van der Waals surface area contributed by atoms with E-state index in [1.165, 1.54) is 23.6 Å². The van der Waals surface area contributed by atoms with Gasteiger partial charge in [-0.25, -0.2) is 0 Å². The van der Waals surface area contributed by atoms with E-state index in [1.807, 2.05) is 24.3 Å². The first-order valence-electron chi connectivity index (χ1n) is 7.86. The molecule has 7 heteroatoms. The molecule has 0 aliphatic carbocycles. The summed E-state index contributed by atoms with van der Waals surface area (Å²) in [7, 11) is -3.48. The van der Waals surface area contributed by atoms with Crippen LogP contribution in [0.2, 0.25) is 0 Å². The highest BCUT2D eigenvalue weighted by atomic mass is 32.2. The highest BCUT2D eigenvalue weighted by Crippen LogP contribution is 2.22. The van der Waals surface area contributed by atoms with E-state index in [0.29, 0.717) is 32.0 Å². The average Bonchev–Trinajstić information content (AvgIpc) is 2.57. The number of nitrogens with zero attached hydrogens (tertiary/aromatic N) is 2. The Kier molecular flexibility index (Phi) is 4.85. The first-order valence-corrected chi connectivity index (χ1v) is 9.30. The molecule has 2 heterocycles. The van der Waals surface area contributed by atoms with Crippen molar-refractivity contribution in [2.75, 3.05) is 49.0 Å². The maximum absolute atomic E-state index is 12.3. The summed E-state index contributed by atoms with van der Waals surface area (Å²) in [5.41, 5.74) is 1.77. The van der Waals surface area contributed by atoms with Gasteiger partial charge in [0.05, 0.1) is 13.2 Å². The van der Waals surface area contributed by atoms with Crippen LogP contribution in [0.4, 0.5) is 11.4 Å². The lowest BCUT2D eigenvalue weighted by Crippen LogP contribution is -2.43. The normalized spacial score (nSPS) is 20.8. The number of ether oxygens (including phenoxy) is 1. The largest absolute Gasteiger partial charge is 0.379 e. The van der Waals surface area contributed by atoms with Gasteiger partial charge in [0.1, 0.15) is 0 Å². The maximum Gasteiger partial charge on any atom is 0.301 e. The third kappa shape index (κ3) is 3.71. The first kappa shape index (κ1) is 15.6. The molecule has 0 spiro atoms. The van der Waals surface area contributed by atoms with Gasteiger partial charge in [0.25, 0.3) is 0 Å². The van der Waals surface area contributed by atoms with Gasteiger partial charge in [-0.05, 0) is 43.5 Å². The Hall–Kier alpha value is -1.31. The number of hydrogen-bond acceptors (Lipinski definition) is 4.